The highest BCUT2D eigenvalue weighted by Crippen LogP contribution is 2.22. The third kappa shape index (κ3) is 4.36. The van der Waals surface area contributed by atoms with Crippen molar-refractivity contribution in [3.63, 3.8) is 0 Å². The number of pyridine rings is 1. The zero-order valence-corrected chi connectivity index (χ0v) is 11.8. The van der Waals surface area contributed by atoms with Crippen LogP contribution in [-0.4, -0.2) is 24.6 Å². The van der Waals surface area contributed by atoms with Crippen LogP contribution in [0.4, 0.5) is 4.39 Å². The van der Waals surface area contributed by atoms with Gasteiger partial charge in [-0.2, -0.15) is 0 Å². The Morgan fingerprint density at radius 3 is 2.43 bits per heavy atom. The fourth-order valence-corrected chi connectivity index (χ4v) is 2.00. The predicted molar refractivity (Wildman–Crippen MR) is 77.1 cm³/mol. The molecule has 0 aliphatic carbocycles. The summed E-state index contributed by atoms with van der Waals surface area (Å²) in [6, 6.07) is 9.40. The van der Waals surface area contributed by atoms with Crippen molar-refractivity contribution < 1.29 is 13.9 Å². The summed E-state index contributed by atoms with van der Waals surface area (Å²) in [6.07, 6.45) is 3.60. The minimum atomic E-state index is -0.335. The molecular formula is C16H17FN2O2. The number of halogens is 1. The van der Waals surface area contributed by atoms with Crippen LogP contribution in [0.25, 0.3) is 0 Å². The van der Waals surface area contributed by atoms with E-state index in [0.717, 1.165) is 11.1 Å². The molecule has 2 aromatic rings. The van der Waals surface area contributed by atoms with E-state index in [-0.39, 0.29) is 24.2 Å². The molecule has 1 aromatic heterocycles. The number of aromatic nitrogens is 1. The summed E-state index contributed by atoms with van der Waals surface area (Å²) in [6.45, 7) is 0.359. The summed E-state index contributed by atoms with van der Waals surface area (Å²) in [5.74, 6) is -0.430. The molecule has 0 saturated carbocycles. The molecule has 0 radical (unpaired) electrons. The molecule has 0 saturated heterocycles. The van der Waals surface area contributed by atoms with Crippen molar-refractivity contribution in [2.24, 2.45) is 0 Å². The van der Waals surface area contributed by atoms with Crippen LogP contribution >= 0.6 is 0 Å². The number of hydrogen-bond donors (Lipinski definition) is 1. The Morgan fingerprint density at radius 1 is 1.19 bits per heavy atom. The first-order valence-electron chi connectivity index (χ1n) is 6.64. The molecule has 1 atom stereocenters. The van der Waals surface area contributed by atoms with Gasteiger partial charge in [-0.05, 0) is 35.4 Å². The van der Waals surface area contributed by atoms with Gasteiger partial charge < -0.3 is 10.1 Å². The lowest BCUT2D eigenvalue weighted by Crippen LogP contribution is -2.30. The van der Waals surface area contributed by atoms with Crippen molar-refractivity contribution in [3.05, 3.63) is 65.7 Å². The van der Waals surface area contributed by atoms with Gasteiger partial charge in [0.25, 0.3) is 0 Å². The summed E-state index contributed by atoms with van der Waals surface area (Å²) >= 11 is 0. The Labute approximate surface area is 123 Å². The lowest BCUT2D eigenvalue weighted by atomic mass is 9.99. The smallest absolute Gasteiger partial charge is 0.223 e. The van der Waals surface area contributed by atoms with Crippen LogP contribution in [0.1, 0.15) is 23.6 Å². The lowest BCUT2D eigenvalue weighted by molar-refractivity contribution is -0.122. The largest absolute Gasteiger partial charge is 0.384 e. The molecule has 0 aliphatic heterocycles. The maximum absolute atomic E-state index is 13.1. The first kappa shape index (κ1) is 15.1. The van der Waals surface area contributed by atoms with Gasteiger partial charge in [0.1, 0.15) is 5.82 Å². The van der Waals surface area contributed by atoms with E-state index in [1.165, 1.54) is 12.1 Å². The van der Waals surface area contributed by atoms with E-state index >= 15 is 0 Å². The topological polar surface area (TPSA) is 51.2 Å². The Morgan fingerprint density at radius 2 is 1.81 bits per heavy atom. The van der Waals surface area contributed by atoms with Crippen LogP contribution in [0, 0.1) is 5.82 Å². The number of carbonyl (C=O) groups is 1. The highest BCUT2D eigenvalue weighted by Gasteiger charge is 2.16. The van der Waals surface area contributed by atoms with Gasteiger partial charge >= 0.3 is 0 Å². The monoisotopic (exact) mass is 288 g/mol. The number of nitrogens with zero attached hydrogens (tertiary/aromatic N) is 1. The van der Waals surface area contributed by atoms with Gasteiger partial charge in [0, 0.05) is 25.9 Å². The molecule has 1 aromatic carbocycles. The third-order valence-electron chi connectivity index (χ3n) is 3.08. The summed E-state index contributed by atoms with van der Waals surface area (Å²) in [7, 11) is 1.55. The molecule has 110 valence electrons. The minimum absolute atomic E-state index is 0.122. The van der Waals surface area contributed by atoms with Gasteiger partial charge in [-0.15, -0.1) is 0 Å². The van der Waals surface area contributed by atoms with Crippen molar-refractivity contribution in [2.75, 3.05) is 13.7 Å². The summed E-state index contributed by atoms with van der Waals surface area (Å²) in [5.41, 5.74) is 1.70. The maximum atomic E-state index is 13.1. The Balaban J connectivity index is 2.22. The van der Waals surface area contributed by atoms with Crippen molar-refractivity contribution >= 4 is 5.91 Å². The van der Waals surface area contributed by atoms with E-state index in [1.807, 2.05) is 12.1 Å². The number of amides is 1. The number of benzene rings is 1. The van der Waals surface area contributed by atoms with E-state index < -0.39 is 0 Å². The minimum Gasteiger partial charge on any atom is -0.384 e. The van der Waals surface area contributed by atoms with Crippen LogP contribution in [0.3, 0.4) is 0 Å². The van der Waals surface area contributed by atoms with E-state index in [1.54, 1.807) is 31.6 Å². The molecule has 1 N–H and O–H groups in total. The molecule has 1 unspecified atom stereocenters. The van der Waals surface area contributed by atoms with Gasteiger partial charge in [-0.3, -0.25) is 9.78 Å². The fourth-order valence-electron chi connectivity index (χ4n) is 2.00. The zero-order valence-electron chi connectivity index (χ0n) is 11.8. The number of ether oxygens (including phenoxy) is 1. The zero-order chi connectivity index (χ0) is 15.1. The molecule has 1 amide bonds. The van der Waals surface area contributed by atoms with E-state index in [4.69, 9.17) is 4.74 Å². The first-order chi connectivity index (χ1) is 10.2. The average Bonchev–Trinajstić information content (AvgIpc) is 2.52. The van der Waals surface area contributed by atoms with Crippen molar-refractivity contribution in [1.29, 1.82) is 0 Å². The van der Waals surface area contributed by atoms with Crippen molar-refractivity contribution in [1.82, 2.24) is 10.3 Å². The van der Waals surface area contributed by atoms with E-state index in [0.29, 0.717) is 6.61 Å². The van der Waals surface area contributed by atoms with Crippen LogP contribution in [-0.2, 0) is 9.53 Å². The van der Waals surface area contributed by atoms with Crippen molar-refractivity contribution in [2.45, 2.75) is 12.5 Å². The fraction of sp³-hybridized carbons (Fsp3) is 0.250. The predicted octanol–water partition coefficient (Wildman–Crippen LogP) is 2.46. The van der Waals surface area contributed by atoms with Gasteiger partial charge in [0.15, 0.2) is 0 Å². The molecule has 5 heteroatoms. The summed E-state index contributed by atoms with van der Waals surface area (Å²) in [5, 5.41) is 2.93. The summed E-state index contributed by atoms with van der Waals surface area (Å²) in [4.78, 5) is 15.9. The van der Waals surface area contributed by atoms with Gasteiger partial charge in [-0.25, -0.2) is 4.39 Å². The molecule has 4 nitrogen and oxygen atoms in total. The second kappa shape index (κ2) is 7.50. The van der Waals surface area contributed by atoms with Crippen molar-refractivity contribution in [3.8, 4) is 0 Å². The molecule has 0 spiro atoms. The average molecular weight is 288 g/mol. The maximum Gasteiger partial charge on any atom is 0.223 e. The molecular weight excluding hydrogens is 271 g/mol. The normalized spacial score (nSPS) is 11.9. The molecule has 0 bridgehead atoms. The van der Waals surface area contributed by atoms with Crippen LogP contribution in [0.5, 0.6) is 0 Å². The molecule has 0 fully saturated rings. The number of methoxy groups -OCH3 is 1. The molecule has 21 heavy (non-hydrogen) atoms. The number of rotatable bonds is 6. The molecule has 0 aliphatic rings. The highest BCUT2D eigenvalue weighted by atomic mass is 19.1. The Kier molecular flexibility index (Phi) is 5.40. The van der Waals surface area contributed by atoms with Gasteiger partial charge in [-0.1, -0.05) is 12.1 Å². The van der Waals surface area contributed by atoms with E-state index in [2.05, 4.69) is 10.3 Å². The Bertz CT molecular complexity index is 573. The van der Waals surface area contributed by atoms with E-state index in [9.17, 15) is 9.18 Å². The lowest BCUT2D eigenvalue weighted by Gasteiger charge is -2.19. The second-order valence-corrected chi connectivity index (χ2v) is 4.58. The molecule has 2 rings (SSSR count). The SMILES string of the molecule is COCCC(=O)NC(c1ccncc1)c1ccc(F)cc1. The van der Waals surface area contributed by atoms with Crippen LogP contribution < -0.4 is 5.32 Å². The molecule has 1 heterocycles. The Hall–Kier alpha value is -2.27. The summed E-state index contributed by atoms with van der Waals surface area (Å²) < 4.78 is 18.0. The quantitative estimate of drug-likeness (QED) is 0.888. The third-order valence-corrected chi connectivity index (χ3v) is 3.08. The standard InChI is InChI=1S/C16H17FN2O2/c1-21-11-8-15(20)19-16(13-6-9-18-10-7-13)12-2-4-14(17)5-3-12/h2-7,9-10,16H,8,11H2,1H3,(H,19,20). The second-order valence-electron chi connectivity index (χ2n) is 4.58. The van der Waals surface area contributed by atoms with Crippen LogP contribution in [0.15, 0.2) is 48.8 Å². The number of carbonyl (C=O) groups excluding carboxylic acids is 1. The van der Waals surface area contributed by atoms with Crippen LogP contribution in [0.2, 0.25) is 0 Å². The highest BCUT2D eigenvalue weighted by molar-refractivity contribution is 5.77. The number of nitrogens with one attached hydrogen (secondary N) is 1. The van der Waals surface area contributed by atoms with Gasteiger partial charge in [0.2, 0.25) is 5.91 Å². The first-order valence-corrected chi connectivity index (χ1v) is 6.64. The number of hydrogen-bond acceptors (Lipinski definition) is 3. The van der Waals surface area contributed by atoms with Gasteiger partial charge in [0.05, 0.1) is 12.6 Å².